The molecule has 2 aromatic carbocycles. The van der Waals surface area contributed by atoms with Crippen molar-refractivity contribution < 1.29 is 14.2 Å². The van der Waals surface area contributed by atoms with E-state index in [9.17, 15) is 0 Å². The monoisotopic (exact) mass is 374 g/mol. The molecule has 0 atom stereocenters. The van der Waals surface area contributed by atoms with E-state index in [1.165, 1.54) is 0 Å². The van der Waals surface area contributed by atoms with Gasteiger partial charge in [0.15, 0.2) is 11.5 Å². The Morgan fingerprint density at radius 3 is 2.61 bits per heavy atom. The molecule has 0 radical (unpaired) electrons. The Balaban J connectivity index is 1.37. The van der Waals surface area contributed by atoms with Gasteiger partial charge in [-0.05, 0) is 35.4 Å². The maximum absolute atomic E-state index is 5.90. The summed E-state index contributed by atoms with van der Waals surface area (Å²) in [6.07, 6.45) is 3.72. The number of nitrogens with zero attached hydrogens (tertiary/aromatic N) is 1. The van der Waals surface area contributed by atoms with Crippen LogP contribution in [0.15, 0.2) is 73.1 Å². The zero-order valence-corrected chi connectivity index (χ0v) is 15.7. The van der Waals surface area contributed by atoms with Crippen LogP contribution in [0, 0.1) is 0 Å². The molecule has 1 N–H and O–H groups in total. The van der Waals surface area contributed by atoms with E-state index >= 15 is 0 Å². The standard InChI is InChI=1S/C23H22N2O3/c1-26-22-12-18(9-10-21(22)28-15-17-6-3-2-4-7-17)14-27-16-19-13-25-23-20(19)8-5-11-24-23/h2-13H,14-16H2,1H3,(H,24,25). The van der Waals surface area contributed by atoms with Gasteiger partial charge in [0.05, 0.1) is 20.3 Å². The predicted molar refractivity (Wildman–Crippen MR) is 108 cm³/mol. The molecule has 0 aliphatic heterocycles. The first kappa shape index (κ1) is 18.1. The molecular weight excluding hydrogens is 352 g/mol. The molecule has 2 heterocycles. The van der Waals surface area contributed by atoms with Crippen LogP contribution in [0.1, 0.15) is 16.7 Å². The number of aromatic nitrogens is 2. The highest BCUT2D eigenvalue weighted by Gasteiger charge is 2.08. The Labute approximate surface area is 163 Å². The molecule has 0 amide bonds. The molecular formula is C23H22N2O3. The lowest BCUT2D eigenvalue weighted by molar-refractivity contribution is 0.108. The molecule has 0 unspecified atom stereocenters. The molecule has 4 aromatic rings. The first-order chi connectivity index (χ1) is 13.8. The first-order valence-corrected chi connectivity index (χ1v) is 9.16. The smallest absolute Gasteiger partial charge is 0.161 e. The molecule has 2 aromatic heterocycles. The van der Waals surface area contributed by atoms with Gasteiger partial charge in [-0.25, -0.2) is 4.98 Å². The summed E-state index contributed by atoms with van der Waals surface area (Å²) >= 11 is 0. The van der Waals surface area contributed by atoms with Crippen LogP contribution in [0.5, 0.6) is 11.5 Å². The highest BCUT2D eigenvalue weighted by Crippen LogP contribution is 2.29. The summed E-state index contributed by atoms with van der Waals surface area (Å²) in [6, 6.07) is 19.9. The zero-order chi connectivity index (χ0) is 19.2. The number of pyridine rings is 1. The number of hydrogen-bond donors (Lipinski definition) is 1. The van der Waals surface area contributed by atoms with Gasteiger partial charge in [0.25, 0.3) is 0 Å². The molecule has 0 spiro atoms. The van der Waals surface area contributed by atoms with Gasteiger partial charge in [0, 0.05) is 23.3 Å². The predicted octanol–water partition coefficient (Wildman–Crippen LogP) is 4.87. The van der Waals surface area contributed by atoms with Gasteiger partial charge < -0.3 is 19.2 Å². The minimum absolute atomic E-state index is 0.488. The summed E-state index contributed by atoms with van der Waals surface area (Å²) in [5.41, 5.74) is 4.12. The molecule has 0 aliphatic carbocycles. The van der Waals surface area contributed by atoms with E-state index in [2.05, 4.69) is 9.97 Å². The van der Waals surface area contributed by atoms with Crippen molar-refractivity contribution in [3.63, 3.8) is 0 Å². The van der Waals surface area contributed by atoms with Crippen molar-refractivity contribution >= 4 is 11.0 Å². The second-order valence-corrected chi connectivity index (χ2v) is 6.47. The summed E-state index contributed by atoms with van der Waals surface area (Å²) in [5.74, 6) is 1.42. The van der Waals surface area contributed by atoms with Crippen LogP contribution in [0.4, 0.5) is 0 Å². The SMILES string of the molecule is COc1cc(COCc2c[nH]c3ncccc23)ccc1OCc1ccccc1. The normalized spacial score (nSPS) is 10.9. The first-order valence-electron chi connectivity index (χ1n) is 9.16. The lowest BCUT2D eigenvalue weighted by Crippen LogP contribution is -1.99. The second kappa shape index (κ2) is 8.59. The van der Waals surface area contributed by atoms with Crippen LogP contribution in [0.25, 0.3) is 11.0 Å². The van der Waals surface area contributed by atoms with Gasteiger partial charge in [-0.3, -0.25) is 0 Å². The molecule has 28 heavy (non-hydrogen) atoms. The summed E-state index contributed by atoms with van der Waals surface area (Å²) in [5, 5.41) is 1.09. The summed E-state index contributed by atoms with van der Waals surface area (Å²) < 4.78 is 17.3. The van der Waals surface area contributed by atoms with E-state index in [1.54, 1.807) is 13.3 Å². The van der Waals surface area contributed by atoms with E-state index in [0.29, 0.717) is 25.6 Å². The molecule has 0 bridgehead atoms. The average Bonchev–Trinajstić information content (AvgIpc) is 3.16. The molecule has 0 fully saturated rings. The summed E-state index contributed by atoms with van der Waals surface area (Å²) in [4.78, 5) is 7.46. The molecule has 5 nitrogen and oxygen atoms in total. The third kappa shape index (κ3) is 4.15. The van der Waals surface area contributed by atoms with Crippen LogP contribution in [0.2, 0.25) is 0 Å². The van der Waals surface area contributed by atoms with E-state index in [1.807, 2.05) is 66.9 Å². The molecule has 4 rings (SSSR count). The lowest BCUT2D eigenvalue weighted by Gasteiger charge is -2.12. The van der Waals surface area contributed by atoms with Crippen molar-refractivity contribution in [2.24, 2.45) is 0 Å². The zero-order valence-electron chi connectivity index (χ0n) is 15.7. The van der Waals surface area contributed by atoms with E-state index in [-0.39, 0.29) is 0 Å². The molecule has 0 aliphatic rings. The average molecular weight is 374 g/mol. The largest absolute Gasteiger partial charge is 0.493 e. The van der Waals surface area contributed by atoms with Gasteiger partial charge in [-0.15, -0.1) is 0 Å². The van der Waals surface area contributed by atoms with Crippen LogP contribution >= 0.6 is 0 Å². The highest BCUT2D eigenvalue weighted by atomic mass is 16.5. The Morgan fingerprint density at radius 1 is 0.857 bits per heavy atom. The number of rotatable bonds is 8. The maximum Gasteiger partial charge on any atom is 0.161 e. The van der Waals surface area contributed by atoms with Crippen LogP contribution < -0.4 is 9.47 Å². The van der Waals surface area contributed by atoms with Crippen LogP contribution in [0.3, 0.4) is 0 Å². The van der Waals surface area contributed by atoms with Crippen LogP contribution in [-0.4, -0.2) is 17.1 Å². The van der Waals surface area contributed by atoms with Crippen molar-refractivity contribution in [1.82, 2.24) is 9.97 Å². The number of nitrogens with one attached hydrogen (secondary N) is 1. The quantitative estimate of drug-likeness (QED) is 0.478. The molecule has 0 saturated heterocycles. The number of hydrogen-bond acceptors (Lipinski definition) is 4. The summed E-state index contributed by atoms with van der Waals surface area (Å²) in [7, 11) is 1.65. The summed E-state index contributed by atoms with van der Waals surface area (Å²) in [6.45, 7) is 1.50. The van der Waals surface area contributed by atoms with Crippen molar-refractivity contribution in [3.8, 4) is 11.5 Å². The Kier molecular flexibility index (Phi) is 5.54. The number of methoxy groups -OCH3 is 1. The van der Waals surface area contributed by atoms with Gasteiger partial charge >= 0.3 is 0 Å². The lowest BCUT2D eigenvalue weighted by atomic mass is 10.2. The van der Waals surface area contributed by atoms with Crippen molar-refractivity contribution in [2.45, 2.75) is 19.8 Å². The van der Waals surface area contributed by atoms with E-state index in [4.69, 9.17) is 14.2 Å². The topological polar surface area (TPSA) is 56.4 Å². The third-order valence-electron chi connectivity index (χ3n) is 4.53. The molecule has 5 heteroatoms. The van der Waals surface area contributed by atoms with Gasteiger partial charge in [-0.1, -0.05) is 36.4 Å². The Hall–Kier alpha value is -3.31. The van der Waals surface area contributed by atoms with Gasteiger partial charge in [-0.2, -0.15) is 0 Å². The van der Waals surface area contributed by atoms with Crippen LogP contribution in [-0.2, 0) is 24.6 Å². The number of ether oxygens (including phenoxy) is 3. The van der Waals surface area contributed by atoms with Gasteiger partial charge in [0.1, 0.15) is 12.3 Å². The Bertz CT molecular complexity index is 1040. The molecule has 142 valence electrons. The minimum Gasteiger partial charge on any atom is -0.493 e. The van der Waals surface area contributed by atoms with E-state index in [0.717, 1.165) is 33.5 Å². The number of fused-ring (bicyclic) bond motifs is 1. The fraction of sp³-hybridized carbons (Fsp3) is 0.174. The number of aromatic amines is 1. The third-order valence-corrected chi connectivity index (χ3v) is 4.53. The number of benzene rings is 2. The molecule has 0 saturated carbocycles. The Morgan fingerprint density at radius 2 is 1.75 bits per heavy atom. The minimum atomic E-state index is 0.488. The van der Waals surface area contributed by atoms with Crippen molar-refractivity contribution in [2.75, 3.05) is 7.11 Å². The second-order valence-electron chi connectivity index (χ2n) is 6.47. The van der Waals surface area contributed by atoms with Crippen molar-refractivity contribution in [3.05, 3.63) is 89.7 Å². The highest BCUT2D eigenvalue weighted by molar-refractivity contribution is 5.79. The van der Waals surface area contributed by atoms with Gasteiger partial charge in [0.2, 0.25) is 0 Å². The number of H-pyrrole nitrogens is 1. The van der Waals surface area contributed by atoms with Crippen molar-refractivity contribution in [1.29, 1.82) is 0 Å². The fourth-order valence-electron chi connectivity index (χ4n) is 3.07. The maximum atomic E-state index is 5.90. The van der Waals surface area contributed by atoms with E-state index < -0.39 is 0 Å². The fourth-order valence-corrected chi connectivity index (χ4v) is 3.07.